The molecule has 0 aromatic heterocycles. The molecule has 3 nitrogen and oxygen atoms in total. The van der Waals surface area contributed by atoms with Gasteiger partial charge in [0.05, 0.1) is 11.7 Å². The van der Waals surface area contributed by atoms with E-state index in [2.05, 4.69) is 5.32 Å². The molecule has 0 saturated heterocycles. The first-order valence-corrected chi connectivity index (χ1v) is 6.34. The summed E-state index contributed by atoms with van der Waals surface area (Å²) >= 11 is 1.62. The van der Waals surface area contributed by atoms with Gasteiger partial charge in [-0.3, -0.25) is 4.79 Å². The molecule has 0 aliphatic rings. The van der Waals surface area contributed by atoms with Crippen molar-refractivity contribution in [3.63, 3.8) is 0 Å². The molecule has 0 heterocycles. The van der Waals surface area contributed by atoms with Gasteiger partial charge in [-0.1, -0.05) is 12.1 Å². The predicted octanol–water partition coefficient (Wildman–Crippen LogP) is 1.84. The molecule has 1 aromatic carbocycles. The van der Waals surface area contributed by atoms with E-state index in [1.807, 2.05) is 6.26 Å². The molecule has 16 heavy (non-hydrogen) atoms. The normalized spacial score (nSPS) is 12.2. The minimum Gasteiger partial charge on any atom is -0.322 e. The Balaban J connectivity index is 2.54. The third-order valence-electron chi connectivity index (χ3n) is 2.10. The number of hydrogen-bond acceptors (Lipinski definition) is 3. The van der Waals surface area contributed by atoms with Crippen LogP contribution in [-0.4, -0.2) is 24.0 Å². The first kappa shape index (κ1) is 13.0. The van der Waals surface area contributed by atoms with E-state index in [0.29, 0.717) is 6.42 Å². The molecular weight excluding hydrogens is 227 g/mol. The zero-order valence-electron chi connectivity index (χ0n) is 9.07. The number of nitrogens with one attached hydrogen (secondary N) is 1. The maximum Gasteiger partial charge on any atom is 0.241 e. The van der Waals surface area contributed by atoms with E-state index in [4.69, 9.17) is 5.73 Å². The quantitative estimate of drug-likeness (QED) is 0.828. The summed E-state index contributed by atoms with van der Waals surface area (Å²) in [5, 5.41) is 2.47. The van der Waals surface area contributed by atoms with Crippen LogP contribution in [-0.2, 0) is 4.79 Å². The highest BCUT2D eigenvalue weighted by molar-refractivity contribution is 7.98. The average molecular weight is 242 g/mol. The van der Waals surface area contributed by atoms with E-state index in [1.165, 1.54) is 12.1 Å². The van der Waals surface area contributed by atoms with Crippen molar-refractivity contribution >= 4 is 23.4 Å². The van der Waals surface area contributed by atoms with Gasteiger partial charge in [0.25, 0.3) is 0 Å². The highest BCUT2D eigenvalue weighted by atomic mass is 32.2. The van der Waals surface area contributed by atoms with Crippen LogP contribution >= 0.6 is 11.8 Å². The van der Waals surface area contributed by atoms with Gasteiger partial charge in [-0.05, 0) is 30.6 Å². The van der Waals surface area contributed by atoms with Crippen molar-refractivity contribution in [2.75, 3.05) is 17.3 Å². The largest absolute Gasteiger partial charge is 0.322 e. The number of amides is 1. The van der Waals surface area contributed by atoms with Gasteiger partial charge in [0, 0.05) is 0 Å². The molecule has 1 amide bonds. The van der Waals surface area contributed by atoms with Crippen LogP contribution in [0.2, 0.25) is 0 Å². The van der Waals surface area contributed by atoms with Crippen LogP contribution < -0.4 is 11.1 Å². The van der Waals surface area contributed by atoms with Gasteiger partial charge in [0.1, 0.15) is 5.82 Å². The summed E-state index contributed by atoms with van der Waals surface area (Å²) in [6.45, 7) is 0. The summed E-state index contributed by atoms with van der Waals surface area (Å²) in [7, 11) is 0. The Bertz CT molecular complexity index is 360. The molecule has 0 bridgehead atoms. The molecular formula is C11H15FN2OS. The number of nitrogens with two attached hydrogens (primary N) is 1. The lowest BCUT2D eigenvalue weighted by Crippen LogP contribution is -2.36. The van der Waals surface area contributed by atoms with E-state index >= 15 is 0 Å². The second-order valence-electron chi connectivity index (χ2n) is 3.36. The Morgan fingerprint density at radius 1 is 1.56 bits per heavy atom. The number of carbonyl (C=O) groups is 1. The Labute approximate surface area is 98.6 Å². The zero-order valence-corrected chi connectivity index (χ0v) is 9.89. The highest BCUT2D eigenvalue weighted by Gasteiger charge is 2.14. The molecule has 0 unspecified atom stereocenters. The summed E-state index contributed by atoms with van der Waals surface area (Å²) in [6, 6.07) is 5.44. The van der Waals surface area contributed by atoms with Crippen LogP contribution in [0.5, 0.6) is 0 Å². The van der Waals surface area contributed by atoms with Crippen molar-refractivity contribution in [3.8, 4) is 0 Å². The number of thioether (sulfide) groups is 1. The molecule has 0 radical (unpaired) electrons. The van der Waals surface area contributed by atoms with Gasteiger partial charge in [0.2, 0.25) is 5.91 Å². The van der Waals surface area contributed by atoms with Gasteiger partial charge in [0.15, 0.2) is 0 Å². The van der Waals surface area contributed by atoms with Crippen LogP contribution in [0.1, 0.15) is 6.42 Å². The molecule has 0 spiro atoms. The molecule has 0 aliphatic carbocycles. The maximum atomic E-state index is 13.2. The number of halogens is 1. The molecule has 1 aromatic rings. The number of rotatable bonds is 5. The van der Waals surface area contributed by atoms with E-state index in [0.717, 1.165) is 5.75 Å². The Morgan fingerprint density at radius 3 is 2.88 bits per heavy atom. The second-order valence-corrected chi connectivity index (χ2v) is 4.34. The summed E-state index contributed by atoms with van der Waals surface area (Å²) in [5.41, 5.74) is 5.83. The lowest BCUT2D eigenvalue weighted by molar-refractivity contribution is -0.117. The third-order valence-corrected chi connectivity index (χ3v) is 2.75. The fourth-order valence-electron chi connectivity index (χ4n) is 1.16. The van der Waals surface area contributed by atoms with Crippen LogP contribution in [0.25, 0.3) is 0 Å². The maximum absolute atomic E-state index is 13.2. The third kappa shape index (κ3) is 3.83. The fraction of sp³-hybridized carbons (Fsp3) is 0.364. The topological polar surface area (TPSA) is 55.1 Å². The SMILES string of the molecule is CSCC[C@@H](N)C(=O)Nc1ccccc1F. The summed E-state index contributed by atoms with van der Waals surface area (Å²) in [6.07, 6.45) is 2.53. The second kappa shape index (κ2) is 6.50. The first-order valence-electron chi connectivity index (χ1n) is 4.95. The van der Waals surface area contributed by atoms with Crippen molar-refractivity contribution in [3.05, 3.63) is 30.1 Å². The summed E-state index contributed by atoms with van der Waals surface area (Å²) in [5.74, 6) is 0.0124. The smallest absolute Gasteiger partial charge is 0.241 e. The Morgan fingerprint density at radius 2 is 2.25 bits per heavy atom. The average Bonchev–Trinajstić information content (AvgIpc) is 2.28. The van der Waals surface area contributed by atoms with Crippen molar-refractivity contribution in [2.45, 2.75) is 12.5 Å². The number of carbonyl (C=O) groups excluding carboxylic acids is 1. The number of hydrogen-bond donors (Lipinski definition) is 2. The molecule has 0 fully saturated rings. The number of benzene rings is 1. The number of para-hydroxylation sites is 1. The van der Waals surface area contributed by atoms with Gasteiger partial charge in [-0.15, -0.1) is 0 Å². The van der Waals surface area contributed by atoms with Gasteiger partial charge < -0.3 is 11.1 Å². The van der Waals surface area contributed by atoms with E-state index in [1.54, 1.807) is 23.9 Å². The summed E-state index contributed by atoms with van der Waals surface area (Å²) < 4.78 is 13.2. The van der Waals surface area contributed by atoms with Crippen LogP contribution in [0.15, 0.2) is 24.3 Å². The molecule has 1 atom stereocenters. The standard InChI is InChI=1S/C11H15FN2OS/c1-16-7-6-9(13)11(15)14-10-5-3-2-4-8(10)12/h2-5,9H,6-7,13H2,1H3,(H,14,15)/t9-/m1/s1. The zero-order chi connectivity index (χ0) is 12.0. The van der Waals surface area contributed by atoms with Crippen molar-refractivity contribution in [1.29, 1.82) is 0 Å². The Hall–Kier alpha value is -1.07. The van der Waals surface area contributed by atoms with E-state index < -0.39 is 11.9 Å². The van der Waals surface area contributed by atoms with E-state index in [9.17, 15) is 9.18 Å². The van der Waals surface area contributed by atoms with Crippen molar-refractivity contribution in [1.82, 2.24) is 0 Å². The van der Waals surface area contributed by atoms with Crippen LogP contribution in [0.4, 0.5) is 10.1 Å². The predicted molar refractivity (Wildman–Crippen MR) is 66.0 cm³/mol. The minimum absolute atomic E-state index is 0.173. The fourth-order valence-corrected chi connectivity index (χ4v) is 1.65. The first-order chi connectivity index (χ1) is 7.65. The minimum atomic E-state index is -0.591. The monoisotopic (exact) mass is 242 g/mol. The van der Waals surface area contributed by atoms with Crippen LogP contribution in [0.3, 0.4) is 0 Å². The molecule has 0 aliphatic heterocycles. The lowest BCUT2D eigenvalue weighted by Gasteiger charge is -2.11. The molecule has 5 heteroatoms. The molecule has 88 valence electrons. The highest BCUT2D eigenvalue weighted by Crippen LogP contribution is 2.12. The van der Waals surface area contributed by atoms with Crippen molar-refractivity contribution < 1.29 is 9.18 Å². The number of anilines is 1. The van der Waals surface area contributed by atoms with Gasteiger partial charge >= 0.3 is 0 Å². The molecule has 1 rings (SSSR count). The molecule has 0 saturated carbocycles. The Kier molecular flexibility index (Phi) is 5.28. The van der Waals surface area contributed by atoms with Crippen molar-refractivity contribution in [2.24, 2.45) is 5.73 Å². The van der Waals surface area contributed by atoms with Gasteiger partial charge in [-0.25, -0.2) is 4.39 Å². The van der Waals surface area contributed by atoms with Gasteiger partial charge in [-0.2, -0.15) is 11.8 Å². The lowest BCUT2D eigenvalue weighted by atomic mass is 10.2. The van der Waals surface area contributed by atoms with Crippen LogP contribution in [0, 0.1) is 5.82 Å². The summed E-state index contributed by atoms with van der Waals surface area (Å²) in [4.78, 5) is 11.6. The molecule has 3 N–H and O–H groups in total. The van der Waals surface area contributed by atoms with E-state index in [-0.39, 0.29) is 11.6 Å².